The molecule has 0 radical (unpaired) electrons. The number of carbonyl (C=O) groups excluding carboxylic acids is 2. The topological polar surface area (TPSA) is 69.6 Å². The highest BCUT2D eigenvalue weighted by Crippen LogP contribution is 2.34. The van der Waals surface area contributed by atoms with Gasteiger partial charge in [-0.15, -0.1) is 0 Å². The van der Waals surface area contributed by atoms with Crippen molar-refractivity contribution in [2.24, 2.45) is 5.41 Å². The summed E-state index contributed by atoms with van der Waals surface area (Å²) in [6.07, 6.45) is 2.15. The number of nitrogens with one attached hydrogen (secondary N) is 1. The fraction of sp³-hybridized carbons (Fsp3) is 0.500. The number of likely N-dealkylation sites (tertiary alicyclic amines) is 1. The molecule has 0 aliphatic carbocycles. The van der Waals surface area contributed by atoms with Crippen molar-refractivity contribution in [1.29, 1.82) is 0 Å². The van der Waals surface area contributed by atoms with Gasteiger partial charge in [-0.05, 0) is 42.9 Å². The Hall–Kier alpha value is -1.66. The maximum atomic E-state index is 13.2. The molecule has 1 fully saturated rings. The summed E-state index contributed by atoms with van der Waals surface area (Å²) in [5.74, 6) is -2.07. The number of benzene rings is 1. The van der Waals surface area contributed by atoms with Crippen LogP contribution in [0, 0.1) is 11.2 Å². The van der Waals surface area contributed by atoms with E-state index in [0.29, 0.717) is 25.9 Å². The molecular formula is C16H20ClFN2O3. The number of aliphatic hydroxyl groups is 1. The van der Waals surface area contributed by atoms with Gasteiger partial charge in [-0.1, -0.05) is 18.5 Å². The minimum Gasteiger partial charge on any atom is -0.396 e. The van der Waals surface area contributed by atoms with E-state index in [1.165, 1.54) is 11.0 Å². The van der Waals surface area contributed by atoms with Crippen LogP contribution in [0.2, 0.25) is 5.02 Å². The first-order valence-corrected chi connectivity index (χ1v) is 7.94. The summed E-state index contributed by atoms with van der Waals surface area (Å²) in [7, 11) is 0. The smallest absolute Gasteiger partial charge is 0.313 e. The highest BCUT2D eigenvalue weighted by Gasteiger charge is 2.35. The average Bonchev–Trinajstić information content (AvgIpc) is 2.53. The summed E-state index contributed by atoms with van der Waals surface area (Å²) in [6.45, 7) is 2.93. The molecule has 1 heterocycles. The third-order valence-corrected chi connectivity index (χ3v) is 4.73. The summed E-state index contributed by atoms with van der Waals surface area (Å²) < 4.78 is 13.2. The van der Waals surface area contributed by atoms with Gasteiger partial charge in [0, 0.05) is 30.4 Å². The van der Waals surface area contributed by atoms with Gasteiger partial charge in [0.2, 0.25) is 0 Å². The highest BCUT2D eigenvalue weighted by atomic mass is 35.5. The highest BCUT2D eigenvalue weighted by molar-refractivity contribution is 6.39. The predicted octanol–water partition coefficient (Wildman–Crippen LogP) is 2.43. The standard InChI is InChI=1S/C16H20ClFN2O3/c1-2-16(10-21)3-5-20(6-4-16)15(23)14(22)19-13-8-11(17)7-12(18)9-13/h7-9,21H,2-6,10H2,1H3,(H,19,22). The van der Waals surface area contributed by atoms with Crippen LogP contribution in [-0.2, 0) is 9.59 Å². The quantitative estimate of drug-likeness (QED) is 0.829. The van der Waals surface area contributed by atoms with Crippen LogP contribution in [0.5, 0.6) is 0 Å². The maximum Gasteiger partial charge on any atom is 0.313 e. The molecule has 0 atom stereocenters. The molecule has 0 unspecified atom stereocenters. The van der Waals surface area contributed by atoms with E-state index in [4.69, 9.17) is 11.6 Å². The van der Waals surface area contributed by atoms with Crippen LogP contribution >= 0.6 is 11.6 Å². The fourth-order valence-corrected chi connectivity index (χ4v) is 2.98. The molecule has 23 heavy (non-hydrogen) atoms. The number of halogens is 2. The van der Waals surface area contributed by atoms with Crippen LogP contribution in [0.15, 0.2) is 18.2 Å². The second-order valence-corrected chi connectivity index (χ2v) is 6.35. The van der Waals surface area contributed by atoms with Gasteiger partial charge in [0.25, 0.3) is 0 Å². The van der Waals surface area contributed by atoms with Crippen molar-refractivity contribution in [3.05, 3.63) is 29.0 Å². The Morgan fingerprint density at radius 1 is 1.35 bits per heavy atom. The molecule has 2 amide bonds. The molecule has 1 aliphatic heterocycles. The lowest BCUT2D eigenvalue weighted by Gasteiger charge is -2.39. The van der Waals surface area contributed by atoms with Crippen molar-refractivity contribution >= 4 is 29.1 Å². The minimum atomic E-state index is -0.820. The van der Waals surface area contributed by atoms with Gasteiger partial charge in [0.05, 0.1) is 0 Å². The van der Waals surface area contributed by atoms with E-state index in [2.05, 4.69) is 5.32 Å². The molecule has 2 rings (SSSR count). The normalized spacial score (nSPS) is 17.0. The maximum absolute atomic E-state index is 13.2. The average molecular weight is 343 g/mol. The second kappa shape index (κ2) is 7.27. The van der Waals surface area contributed by atoms with Gasteiger partial charge < -0.3 is 15.3 Å². The molecule has 0 aromatic heterocycles. The van der Waals surface area contributed by atoms with Gasteiger partial charge in [-0.25, -0.2) is 4.39 Å². The van der Waals surface area contributed by atoms with Crippen molar-refractivity contribution < 1.29 is 19.1 Å². The molecule has 0 saturated carbocycles. The van der Waals surface area contributed by atoms with E-state index in [-0.39, 0.29) is 22.7 Å². The van der Waals surface area contributed by atoms with E-state index in [9.17, 15) is 19.1 Å². The Morgan fingerprint density at radius 2 is 2.00 bits per heavy atom. The number of hydrogen-bond donors (Lipinski definition) is 2. The van der Waals surface area contributed by atoms with Crippen molar-refractivity contribution in [3.8, 4) is 0 Å². The lowest BCUT2D eigenvalue weighted by molar-refractivity contribution is -0.145. The third kappa shape index (κ3) is 4.20. The molecule has 0 bridgehead atoms. The molecule has 1 aromatic carbocycles. The minimum absolute atomic E-state index is 0.0829. The monoisotopic (exact) mass is 342 g/mol. The number of nitrogens with zero attached hydrogens (tertiary/aromatic N) is 1. The van der Waals surface area contributed by atoms with E-state index < -0.39 is 17.6 Å². The summed E-state index contributed by atoms with van der Waals surface area (Å²) in [5.41, 5.74) is -0.0211. The number of piperidine rings is 1. The Bertz CT molecular complexity index is 575. The first kappa shape index (κ1) is 17.7. The number of carbonyl (C=O) groups is 2. The molecule has 7 heteroatoms. The van der Waals surface area contributed by atoms with E-state index >= 15 is 0 Å². The number of hydrogen-bond acceptors (Lipinski definition) is 3. The zero-order valence-corrected chi connectivity index (χ0v) is 13.7. The molecule has 0 spiro atoms. The van der Waals surface area contributed by atoms with E-state index in [0.717, 1.165) is 18.6 Å². The predicted molar refractivity (Wildman–Crippen MR) is 85.7 cm³/mol. The Balaban J connectivity index is 1.97. The number of anilines is 1. The Kier molecular flexibility index (Phi) is 5.59. The Labute approximate surface area is 139 Å². The molecule has 2 N–H and O–H groups in total. The SMILES string of the molecule is CCC1(CO)CCN(C(=O)C(=O)Nc2cc(F)cc(Cl)c2)CC1. The van der Waals surface area contributed by atoms with Gasteiger partial charge >= 0.3 is 11.8 Å². The van der Waals surface area contributed by atoms with Gasteiger partial charge in [0.1, 0.15) is 5.82 Å². The van der Waals surface area contributed by atoms with Crippen molar-refractivity contribution in [2.75, 3.05) is 25.0 Å². The molecule has 126 valence electrons. The first-order chi connectivity index (χ1) is 10.9. The molecule has 1 aromatic rings. The molecule has 1 aliphatic rings. The fourth-order valence-electron chi connectivity index (χ4n) is 2.76. The van der Waals surface area contributed by atoms with E-state index in [1.54, 1.807) is 0 Å². The number of amides is 2. The lowest BCUT2D eigenvalue weighted by Crippen LogP contribution is -2.48. The van der Waals surface area contributed by atoms with Crippen LogP contribution in [0.4, 0.5) is 10.1 Å². The van der Waals surface area contributed by atoms with Gasteiger partial charge in [-0.3, -0.25) is 9.59 Å². The zero-order chi connectivity index (χ0) is 17.0. The molecule has 5 nitrogen and oxygen atoms in total. The summed E-state index contributed by atoms with van der Waals surface area (Å²) in [4.78, 5) is 25.7. The first-order valence-electron chi connectivity index (χ1n) is 7.56. The van der Waals surface area contributed by atoms with Crippen LogP contribution in [0.3, 0.4) is 0 Å². The summed E-state index contributed by atoms with van der Waals surface area (Å²) >= 11 is 5.71. The van der Waals surface area contributed by atoms with Crippen molar-refractivity contribution in [2.45, 2.75) is 26.2 Å². The molecule has 1 saturated heterocycles. The van der Waals surface area contributed by atoms with E-state index in [1.807, 2.05) is 6.92 Å². The van der Waals surface area contributed by atoms with Crippen LogP contribution in [0.1, 0.15) is 26.2 Å². The van der Waals surface area contributed by atoms with Gasteiger partial charge in [-0.2, -0.15) is 0 Å². The van der Waals surface area contributed by atoms with Crippen molar-refractivity contribution in [3.63, 3.8) is 0 Å². The number of rotatable bonds is 3. The van der Waals surface area contributed by atoms with Crippen LogP contribution in [0.25, 0.3) is 0 Å². The van der Waals surface area contributed by atoms with Crippen molar-refractivity contribution in [1.82, 2.24) is 4.90 Å². The lowest BCUT2D eigenvalue weighted by atomic mass is 9.77. The zero-order valence-electron chi connectivity index (χ0n) is 12.9. The molecular weight excluding hydrogens is 323 g/mol. The third-order valence-electron chi connectivity index (χ3n) is 4.51. The largest absolute Gasteiger partial charge is 0.396 e. The summed E-state index contributed by atoms with van der Waals surface area (Å²) in [5, 5.41) is 12.0. The Morgan fingerprint density at radius 3 is 2.52 bits per heavy atom. The summed E-state index contributed by atoms with van der Waals surface area (Å²) in [6, 6.07) is 3.59. The second-order valence-electron chi connectivity index (χ2n) is 5.92. The van der Waals surface area contributed by atoms with Crippen LogP contribution < -0.4 is 5.32 Å². The number of aliphatic hydroxyl groups excluding tert-OH is 1. The van der Waals surface area contributed by atoms with Crippen LogP contribution in [-0.4, -0.2) is 41.5 Å². The van der Waals surface area contributed by atoms with Gasteiger partial charge in [0.15, 0.2) is 0 Å².